The molecule has 0 aliphatic carbocycles. The zero-order valence-corrected chi connectivity index (χ0v) is 14.2. The molecule has 6 nitrogen and oxygen atoms in total. The van der Waals surface area contributed by atoms with E-state index in [2.05, 4.69) is 20.5 Å². The fourth-order valence-electron chi connectivity index (χ4n) is 1.84. The van der Waals surface area contributed by atoms with Crippen LogP contribution in [-0.2, 0) is 4.79 Å². The minimum absolute atomic E-state index is 0.237. The third-order valence-electron chi connectivity index (χ3n) is 2.98. The van der Waals surface area contributed by atoms with Gasteiger partial charge in [0.2, 0.25) is 5.91 Å². The van der Waals surface area contributed by atoms with Crippen molar-refractivity contribution in [2.45, 2.75) is 17.3 Å². The number of nitrogens with zero attached hydrogens (tertiary/aromatic N) is 4. The smallest absolute Gasteiger partial charge is 0.238 e. The molecule has 0 radical (unpaired) electrons. The minimum atomic E-state index is -0.406. The van der Waals surface area contributed by atoms with Crippen molar-refractivity contribution in [2.24, 2.45) is 0 Å². The summed E-state index contributed by atoms with van der Waals surface area (Å²) in [4.78, 5) is 16.3. The first-order chi connectivity index (χ1) is 11.0. The van der Waals surface area contributed by atoms with E-state index in [1.165, 1.54) is 24.0 Å². The summed E-state index contributed by atoms with van der Waals surface area (Å²) >= 11 is 13.1. The highest BCUT2D eigenvalue weighted by Crippen LogP contribution is 2.26. The van der Waals surface area contributed by atoms with Crippen molar-refractivity contribution in [3.8, 4) is 0 Å². The second-order valence-electron chi connectivity index (χ2n) is 4.64. The maximum absolute atomic E-state index is 12.3. The Morgan fingerprint density at radius 3 is 2.96 bits per heavy atom. The van der Waals surface area contributed by atoms with Crippen molar-refractivity contribution in [3.63, 3.8) is 0 Å². The molecule has 0 spiro atoms. The van der Waals surface area contributed by atoms with Gasteiger partial charge in [-0.1, -0.05) is 41.0 Å². The summed E-state index contributed by atoms with van der Waals surface area (Å²) in [5, 5.41) is 11.7. The summed E-state index contributed by atoms with van der Waals surface area (Å²) in [6.45, 7) is 1.77. The lowest BCUT2D eigenvalue weighted by Gasteiger charge is -2.11. The first-order valence-electron chi connectivity index (χ1n) is 6.63. The third-order valence-corrected chi connectivity index (χ3v) is 4.53. The van der Waals surface area contributed by atoms with Gasteiger partial charge in [-0.2, -0.15) is 0 Å². The number of halogens is 2. The molecule has 118 valence electrons. The van der Waals surface area contributed by atoms with Gasteiger partial charge in [0.25, 0.3) is 0 Å². The quantitative estimate of drug-likeness (QED) is 0.713. The summed E-state index contributed by atoms with van der Waals surface area (Å²) in [5.74, 6) is 0.0408. The van der Waals surface area contributed by atoms with Crippen molar-refractivity contribution in [1.29, 1.82) is 0 Å². The summed E-state index contributed by atoms with van der Waals surface area (Å²) in [5.41, 5.74) is 0.727. The molecule has 1 N–H and O–H groups in total. The molecule has 3 rings (SSSR count). The molecule has 9 heteroatoms. The van der Waals surface area contributed by atoms with Gasteiger partial charge in [0.15, 0.2) is 16.6 Å². The first kappa shape index (κ1) is 16.0. The number of fused-ring (bicyclic) bond motifs is 1. The lowest BCUT2D eigenvalue weighted by molar-refractivity contribution is -0.115. The first-order valence-corrected chi connectivity index (χ1v) is 8.26. The number of pyridine rings is 2. The van der Waals surface area contributed by atoms with E-state index in [9.17, 15) is 4.79 Å². The zero-order valence-electron chi connectivity index (χ0n) is 11.9. The van der Waals surface area contributed by atoms with Crippen LogP contribution in [0, 0.1) is 0 Å². The van der Waals surface area contributed by atoms with Gasteiger partial charge in [-0.3, -0.25) is 9.20 Å². The largest absolute Gasteiger partial charge is 0.308 e. The molecule has 3 aromatic rings. The van der Waals surface area contributed by atoms with Crippen LogP contribution in [0.25, 0.3) is 5.65 Å². The predicted molar refractivity (Wildman–Crippen MR) is 91.2 cm³/mol. The molecule has 3 aromatic heterocycles. The van der Waals surface area contributed by atoms with E-state index in [4.69, 9.17) is 23.2 Å². The van der Waals surface area contributed by atoms with Crippen LogP contribution in [0.3, 0.4) is 0 Å². The molecule has 0 saturated heterocycles. The van der Waals surface area contributed by atoms with E-state index >= 15 is 0 Å². The standard InChI is InChI=1S/C14H11Cl2N5OS/c1-8(13(22)18-12-10(16)6-9(15)7-17-12)23-14-20-19-11-4-2-3-5-21(11)14/h2-8H,1H3,(H,17,18,22)/t8-/m1/s1. The van der Waals surface area contributed by atoms with Crippen molar-refractivity contribution in [1.82, 2.24) is 19.6 Å². The number of nitrogens with one attached hydrogen (secondary N) is 1. The molecular formula is C14H11Cl2N5OS. The average molecular weight is 368 g/mol. The van der Waals surface area contributed by atoms with E-state index in [0.717, 1.165) is 5.65 Å². The molecule has 1 amide bonds. The Labute approximate surface area is 146 Å². The number of carbonyl (C=O) groups excluding carboxylic acids is 1. The number of amides is 1. The maximum Gasteiger partial charge on any atom is 0.238 e. The second-order valence-corrected chi connectivity index (χ2v) is 6.80. The van der Waals surface area contributed by atoms with Gasteiger partial charge in [0.05, 0.1) is 15.3 Å². The molecule has 0 fully saturated rings. The zero-order chi connectivity index (χ0) is 16.4. The molecule has 0 bridgehead atoms. The highest BCUT2D eigenvalue weighted by molar-refractivity contribution is 8.00. The van der Waals surface area contributed by atoms with Gasteiger partial charge >= 0.3 is 0 Å². The summed E-state index contributed by atoms with van der Waals surface area (Å²) < 4.78 is 1.82. The minimum Gasteiger partial charge on any atom is -0.308 e. The fourth-order valence-corrected chi connectivity index (χ4v) is 3.10. The van der Waals surface area contributed by atoms with Crippen LogP contribution < -0.4 is 5.32 Å². The van der Waals surface area contributed by atoms with E-state index < -0.39 is 5.25 Å². The van der Waals surface area contributed by atoms with E-state index in [0.29, 0.717) is 10.2 Å². The van der Waals surface area contributed by atoms with Gasteiger partial charge in [0.1, 0.15) is 0 Å². The molecule has 1 atom stereocenters. The number of hydrogen-bond acceptors (Lipinski definition) is 5. The molecule has 0 aliphatic heterocycles. The van der Waals surface area contributed by atoms with Crippen LogP contribution in [0.4, 0.5) is 5.82 Å². The van der Waals surface area contributed by atoms with Crippen molar-refractivity contribution < 1.29 is 4.79 Å². The average Bonchev–Trinajstić information content (AvgIpc) is 2.93. The van der Waals surface area contributed by atoms with Gasteiger partial charge in [-0.25, -0.2) is 4.98 Å². The topological polar surface area (TPSA) is 72.2 Å². The van der Waals surface area contributed by atoms with Crippen molar-refractivity contribution in [3.05, 3.63) is 46.7 Å². The lowest BCUT2D eigenvalue weighted by Crippen LogP contribution is -2.23. The maximum atomic E-state index is 12.3. The molecular weight excluding hydrogens is 357 g/mol. The van der Waals surface area contributed by atoms with E-state index in [-0.39, 0.29) is 16.7 Å². The van der Waals surface area contributed by atoms with E-state index in [1.807, 2.05) is 28.8 Å². The third kappa shape index (κ3) is 3.57. The highest BCUT2D eigenvalue weighted by Gasteiger charge is 2.19. The SMILES string of the molecule is C[C@@H](Sc1nnc2ccccn12)C(=O)Nc1ncc(Cl)cc1Cl. The lowest BCUT2D eigenvalue weighted by atomic mass is 10.4. The Morgan fingerprint density at radius 2 is 2.17 bits per heavy atom. The van der Waals surface area contributed by atoms with Crippen LogP contribution >= 0.6 is 35.0 Å². The molecule has 0 saturated carbocycles. The summed E-state index contributed by atoms with van der Waals surface area (Å²) in [6, 6.07) is 7.13. The van der Waals surface area contributed by atoms with Crippen LogP contribution in [0.15, 0.2) is 41.8 Å². The number of anilines is 1. The van der Waals surface area contributed by atoms with Gasteiger partial charge < -0.3 is 5.32 Å². The van der Waals surface area contributed by atoms with Crippen LogP contribution in [0.1, 0.15) is 6.92 Å². The van der Waals surface area contributed by atoms with E-state index in [1.54, 1.807) is 6.92 Å². The molecule has 0 unspecified atom stereocenters. The Morgan fingerprint density at radius 1 is 1.35 bits per heavy atom. The van der Waals surface area contributed by atoms with Crippen molar-refractivity contribution >= 4 is 52.3 Å². The fraction of sp³-hybridized carbons (Fsp3) is 0.143. The Bertz CT molecular complexity index is 869. The van der Waals surface area contributed by atoms with Crippen LogP contribution in [-0.4, -0.2) is 30.7 Å². The van der Waals surface area contributed by atoms with Gasteiger partial charge in [-0.15, -0.1) is 10.2 Å². The Balaban J connectivity index is 1.72. The normalized spacial score (nSPS) is 12.3. The van der Waals surface area contributed by atoms with Crippen LogP contribution in [0.5, 0.6) is 0 Å². The van der Waals surface area contributed by atoms with Gasteiger partial charge in [-0.05, 0) is 25.1 Å². The van der Waals surface area contributed by atoms with Crippen molar-refractivity contribution in [2.75, 3.05) is 5.32 Å². The molecule has 0 aliphatic rings. The number of rotatable bonds is 4. The molecule has 23 heavy (non-hydrogen) atoms. The van der Waals surface area contributed by atoms with Crippen LogP contribution in [0.2, 0.25) is 10.0 Å². The van der Waals surface area contributed by atoms with Gasteiger partial charge in [0, 0.05) is 12.4 Å². The number of hydrogen-bond donors (Lipinski definition) is 1. The number of aromatic nitrogens is 4. The number of thioether (sulfide) groups is 1. The number of carbonyl (C=O) groups is 1. The molecule has 0 aromatic carbocycles. The monoisotopic (exact) mass is 367 g/mol. The Kier molecular flexibility index (Phi) is 4.70. The second kappa shape index (κ2) is 6.74. The summed E-state index contributed by atoms with van der Waals surface area (Å²) in [6.07, 6.45) is 3.27. The summed E-state index contributed by atoms with van der Waals surface area (Å²) in [7, 11) is 0. The predicted octanol–water partition coefficient (Wildman–Crippen LogP) is 3.55. The Hall–Kier alpha value is -1.83. The highest BCUT2D eigenvalue weighted by atomic mass is 35.5. The molecule has 3 heterocycles.